The zero-order valence-corrected chi connectivity index (χ0v) is 14.1. The number of aryl methyl sites for hydroxylation is 1. The van der Waals surface area contributed by atoms with E-state index in [0.717, 1.165) is 28.6 Å². The summed E-state index contributed by atoms with van der Waals surface area (Å²) < 4.78 is 1.80. The molecular formula is C19H22N4O2. The van der Waals surface area contributed by atoms with Crippen molar-refractivity contribution in [2.24, 2.45) is 0 Å². The zero-order chi connectivity index (χ0) is 17.6. The summed E-state index contributed by atoms with van der Waals surface area (Å²) in [5.74, 6) is 0. The minimum Gasteiger partial charge on any atom is -0.387 e. The molecule has 2 amide bonds. The third-order valence-corrected chi connectivity index (χ3v) is 4.06. The van der Waals surface area contributed by atoms with Crippen LogP contribution >= 0.6 is 0 Å². The van der Waals surface area contributed by atoms with Gasteiger partial charge >= 0.3 is 6.03 Å². The van der Waals surface area contributed by atoms with Crippen molar-refractivity contribution in [2.75, 3.05) is 6.54 Å². The van der Waals surface area contributed by atoms with Gasteiger partial charge < -0.3 is 15.7 Å². The molecule has 3 aromatic rings. The van der Waals surface area contributed by atoms with Gasteiger partial charge in [0.25, 0.3) is 0 Å². The van der Waals surface area contributed by atoms with Crippen LogP contribution in [-0.4, -0.2) is 27.5 Å². The van der Waals surface area contributed by atoms with Crippen LogP contribution in [0.1, 0.15) is 24.3 Å². The predicted octanol–water partition coefficient (Wildman–Crippen LogP) is 2.59. The molecule has 0 saturated heterocycles. The number of rotatable bonds is 6. The maximum Gasteiger partial charge on any atom is 0.315 e. The number of fused-ring (bicyclic) bond motifs is 1. The number of nitrogens with one attached hydrogen (secondary N) is 2. The molecule has 2 aromatic carbocycles. The van der Waals surface area contributed by atoms with Crippen LogP contribution in [0.3, 0.4) is 0 Å². The summed E-state index contributed by atoms with van der Waals surface area (Å²) in [6.45, 7) is 3.30. The molecule has 130 valence electrons. The molecule has 25 heavy (non-hydrogen) atoms. The van der Waals surface area contributed by atoms with Crippen molar-refractivity contribution in [2.45, 2.75) is 26.1 Å². The first-order valence-corrected chi connectivity index (χ1v) is 8.36. The van der Waals surface area contributed by atoms with E-state index < -0.39 is 6.10 Å². The Bertz CT molecular complexity index is 859. The molecule has 3 N–H and O–H groups in total. The van der Waals surface area contributed by atoms with Crippen LogP contribution in [0.15, 0.2) is 54.7 Å². The number of benzene rings is 2. The lowest BCUT2D eigenvalue weighted by molar-refractivity contribution is 0.173. The van der Waals surface area contributed by atoms with E-state index in [-0.39, 0.29) is 12.6 Å². The van der Waals surface area contributed by atoms with Gasteiger partial charge in [-0.2, -0.15) is 5.10 Å². The normalized spacial score (nSPS) is 12.1. The third-order valence-electron chi connectivity index (χ3n) is 4.06. The number of aromatic nitrogens is 2. The first-order chi connectivity index (χ1) is 12.2. The van der Waals surface area contributed by atoms with Gasteiger partial charge in [-0.3, -0.25) is 4.68 Å². The van der Waals surface area contributed by atoms with Gasteiger partial charge in [0.2, 0.25) is 0 Å². The van der Waals surface area contributed by atoms with Crippen molar-refractivity contribution in [3.63, 3.8) is 0 Å². The second kappa shape index (κ2) is 7.81. The minimum absolute atomic E-state index is 0.146. The third kappa shape index (κ3) is 4.36. The Labute approximate surface area is 146 Å². The fourth-order valence-corrected chi connectivity index (χ4v) is 2.63. The van der Waals surface area contributed by atoms with Gasteiger partial charge in [0.1, 0.15) is 0 Å². The number of nitrogens with zero attached hydrogens (tertiary/aromatic N) is 2. The summed E-state index contributed by atoms with van der Waals surface area (Å²) in [5, 5.41) is 22.2. The summed E-state index contributed by atoms with van der Waals surface area (Å²) in [7, 11) is 0. The molecule has 6 nitrogen and oxygen atoms in total. The Morgan fingerprint density at radius 3 is 2.72 bits per heavy atom. The van der Waals surface area contributed by atoms with Crippen LogP contribution in [0.4, 0.5) is 4.79 Å². The highest BCUT2D eigenvalue weighted by molar-refractivity contribution is 5.83. The summed E-state index contributed by atoms with van der Waals surface area (Å²) in [6, 6.07) is 15.3. The van der Waals surface area contributed by atoms with Crippen LogP contribution in [0.2, 0.25) is 0 Å². The number of carbonyl (C=O) groups is 1. The lowest BCUT2D eigenvalue weighted by atomic mass is 10.0. The highest BCUT2D eigenvalue weighted by Gasteiger charge is 2.10. The summed E-state index contributed by atoms with van der Waals surface area (Å²) in [5.41, 5.74) is 1.58. The van der Waals surface area contributed by atoms with Crippen LogP contribution in [0.25, 0.3) is 10.8 Å². The molecule has 0 spiro atoms. The van der Waals surface area contributed by atoms with Gasteiger partial charge in [-0.25, -0.2) is 4.79 Å². The number of hydrogen-bond donors (Lipinski definition) is 3. The number of urea groups is 1. The standard InChI is InChI=1S/C19H22N4O2/c1-2-23-10-9-17(22-23)12-20-19(25)21-13-18(24)16-8-7-14-5-3-4-6-15(14)11-16/h3-11,18,24H,2,12-13H2,1H3,(H2,20,21,25). The van der Waals surface area contributed by atoms with Crippen LogP contribution in [-0.2, 0) is 13.1 Å². The molecule has 3 rings (SSSR count). The van der Waals surface area contributed by atoms with E-state index in [1.54, 1.807) is 4.68 Å². The zero-order valence-electron chi connectivity index (χ0n) is 14.1. The summed E-state index contributed by atoms with van der Waals surface area (Å²) in [6.07, 6.45) is 1.12. The Balaban J connectivity index is 1.50. The molecule has 0 aliphatic carbocycles. The first kappa shape index (κ1) is 17.0. The topological polar surface area (TPSA) is 79.2 Å². The quantitative estimate of drug-likeness (QED) is 0.646. The van der Waals surface area contributed by atoms with Gasteiger partial charge in [0.05, 0.1) is 18.3 Å². The van der Waals surface area contributed by atoms with Crippen LogP contribution in [0.5, 0.6) is 0 Å². The fourth-order valence-electron chi connectivity index (χ4n) is 2.63. The molecule has 1 unspecified atom stereocenters. The summed E-state index contributed by atoms with van der Waals surface area (Å²) in [4.78, 5) is 11.9. The smallest absolute Gasteiger partial charge is 0.315 e. The van der Waals surface area contributed by atoms with Crippen LogP contribution < -0.4 is 10.6 Å². The predicted molar refractivity (Wildman–Crippen MR) is 97.0 cm³/mol. The van der Waals surface area contributed by atoms with Crippen molar-refractivity contribution < 1.29 is 9.90 Å². The van der Waals surface area contributed by atoms with Crippen molar-refractivity contribution in [3.05, 3.63) is 66.0 Å². The van der Waals surface area contributed by atoms with E-state index >= 15 is 0 Å². The fraction of sp³-hybridized carbons (Fsp3) is 0.263. The van der Waals surface area contributed by atoms with Crippen LogP contribution in [0, 0.1) is 0 Å². The van der Waals surface area contributed by atoms with E-state index in [0.29, 0.717) is 6.54 Å². The number of aliphatic hydroxyl groups is 1. The van der Waals surface area contributed by atoms with Gasteiger partial charge in [0.15, 0.2) is 0 Å². The van der Waals surface area contributed by atoms with Crippen molar-refractivity contribution in [3.8, 4) is 0 Å². The molecule has 0 fully saturated rings. The molecule has 0 aliphatic rings. The van der Waals surface area contributed by atoms with Crippen molar-refractivity contribution >= 4 is 16.8 Å². The largest absolute Gasteiger partial charge is 0.387 e. The lowest BCUT2D eigenvalue weighted by Crippen LogP contribution is -2.37. The van der Waals surface area contributed by atoms with E-state index in [9.17, 15) is 9.90 Å². The van der Waals surface area contributed by atoms with E-state index in [1.165, 1.54) is 0 Å². The molecule has 0 aliphatic heterocycles. The van der Waals surface area contributed by atoms with Gasteiger partial charge in [-0.15, -0.1) is 0 Å². The average molecular weight is 338 g/mol. The summed E-state index contributed by atoms with van der Waals surface area (Å²) >= 11 is 0. The average Bonchev–Trinajstić information content (AvgIpc) is 3.12. The number of hydrogen-bond acceptors (Lipinski definition) is 3. The Morgan fingerprint density at radius 1 is 1.16 bits per heavy atom. The lowest BCUT2D eigenvalue weighted by Gasteiger charge is -2.13. The molecule has 1 aromatic heterocycles. The molecule has 0 saturated carbocycles. The van der Waals surface area contributed by atoms with Gasteiger partial charge in [-0.05, 0) is 35.4 Å². The van der Waals surface area contributed by atoms with Gasteiger partial charge in [0, 0.05) is 19.3 Å². The van der Waals surface area contributed by atoms with Gasteiger partial charge in [-0.1, -0.05) is 36.4 Å². The number of carbonyl (C=O) groups excluding carboxylic acids is 1. The molecule has 1 heterocycles. The maximum absolute atomic E-state index is 11.9. The minimum atomic E-state index is -0.755. The molecular weight excluding hydrogens is 316 g/mol. The van der Waals surface area contributed by atoms with Crippen molar-refractivity contribution in [1.82, 2.24) is 20.4 Å². The van der Waals surface area contributed by atoms with E-state index in [4.69, 9.17) is 0 Å². The van der Waals surface area contributed by atoms with Crippen molar-refractivity contribution in [1.29, 1.82) is 0 Å². The van der Waals surface area contributed by atoms with E-state index in [2.05, 4.69) is 15.7 Å². The number of amides is 2. The Hall–Kier alpha value is -2.86. The second-order valence-electron chi connectivity index (χ2n) is 5.85. The molecule has 6 heteroatoms. The highest BCUT2D eigenvalue weighted by Crippen LogP contribution is 2.20. The number of aliphatic hydroxyl groups excluding tert-OH is 1. The Morgan fingerprint density at radius 2 is 1.96 bits per heavy atom. The second-order valence-corrected chi connectivity index (χ2v) is 5.85. The first-order valence-electron chi connectivity index (χ1n) is 8.36. The SMILES string of the molecule is CCn1ccc(CNC(=O)NCC(O)c2ccc3ccccc3c2)n1. The van der Waals surface area contributed by atoms with E-state index in [1.807, 2.05) is 61.7 Å². The molecule has 0 bridgehead atoms. The highest BCUT2D eigenvalue weighted by atomic mass is 16.3. The molecule has 0 radical (unpaired) electrons. The molecule has 1 atom stereocenters. The maximum atomic E-state index is 11.9. The monoisotopic (exact) mass is 338 g/mol. The Kier molecular flexibility index (Phi) is 5.30.